The summed E-state index contributed by atoms with van der Waals surface area (Å²) in [6.45, 7) is 3.03. The summed E-state index contributed by atoms with van der Waals surface area (Å²) in [6.07, 6.45) is 0.191. The van der Waals surface area contributed by atoms with Crippen LogP contribution in [0.15, 0.2) is 48.5 Å². The van der Waals surface area contributed by atoms with Gasteiger partial charge >= 0.3 is 0 Å². The first-order chi connectivity index (χ1) is 12.1. The summed E-state index contributed by atoms with van der Waals surface area (Å²) < 4.78 is 5.39. The summed E-state index contributed by atoms with van der Waals surface area (Å²) in [6, 6.07) is 14.1. The van der Waals surface area contributed by atoms with E-state index >= 15 is 0 Å². The molecule has 1 aliphatic rings. The third kappa shape index (κ3) is 3.83. The molecule has 2 aromatic rings. The number of ether oxygens (including phenoxy) is 1. The Morgan fingerprint density at radius 3 is 2.56 bits per heavy atom. The zero-order chi connectivity index (χ0) is 17.8. The molecule has 3 rings (SSSR count). The molecule has 6 heteroatoms. The molecule has 0 spiro atoms. The van der Waals surface area contributed by atoms with Gasteiger partial charge in [0.25, 0.3) is 5.91 Å². The number of carbonyl (C=O) groups is 2. The van der Waals surface area contributed by atoms with Gasteiger partial charge in [-0.25, -0.2) is 4.90 Å². The molecule has 1 atom stereocenters. The maximum absolute atomic E-state index is 12.6. The van der Waals surface area contributed by atoms with Crippen LogP contribution in [-0.4, -0.2) is 24.5 Å². The van der Waals surface area contributed by atoms with Gasteiger partial charge in [0.2, 0.25) is 5.91 Å². The van der Waals surface area contributed by atoms with Crippen molar-refractivity contribution in [2.75, 3.05) is 11.5 Å². The first-order valence-electron chi connectivity index (χ1n) is 8.26. The molecule has 0 radical (unpaired) electrons. The number of anilines is 1. The smallest absolute Gasteiger partial charge is 0.292 e. The fraction of sp³-hybridized carbons (Fsp3) is 0.263. The number of nitrogens with two attached hydrogens (primary N) is 1. The van der Waals surface area contributed by atoms with Crippen LogP contribution in [0.2, 0.25) is 5.02 Å². The lowest BCUT2D eigenvalue weighted by molar-refractivity contribution is -0.690. The van der Waals surface area contributed by atoms with E-state index in [2.05, 4.69) is 0 Å². The predicted molar refractivity (Wildman–Crippen MR) is 95.6 cm³/mol. The zero-order valence-corrected chi connectivity index (χ0v) is 14.7. The topological polar surface area (TPSA) is 63.2 Å². The average molecular weight is 360 g/mol. The molecule has 0 bridgehead atoms. The molecule has 5 nitrogen and oxygen atoms in total. The quantitative estimate of drug-likeness (QED) is 0.804. The Bertz CT molecular complexity index is 776. The molecule has 2 amide bonds. The molecule has 130 valence electrons. The van der Waals surface area contributed by atoms with Crippen LogP contribution in [0.1, 0.15) is 18.9 Å². The second kappa shape index (κ2) is 7.68. The summed E-state index contributed by atoms with van der Waals surface area (Å²) in [5, 5.41) is 2.54. The minimum atomic E-state index is -0.421. The zero-order valence-electron chi connectivity index (χ0n) is 13.9. The lowest BCUT2D eigenvalue weighted by Crippen LogP contribution is -2.90. The van der Waals surface area contributed by atoms with Crippen molar-refractivity contribution >= 4 is 29.1 Å². The summed E-state index contributed by atoms with van der Waals surface area (Å²) in [5.41, 5.74) is 1.52. The lowest BCUT2D eigenvalue weighted by Gasteiger charge is -2.15. The Morgan fingerprint density at radius 1 is 1.16 bits per heavy atom. The largest absolute Gasteiger partial charge is 0.494 e. The van der Waals surface area contributed by atoms with Crippen molar-refractivity contribution in [1.82, 2.24) is 0 Å². The summed E-state index contributed by atoms with van der Waals surface area (Å²) in [5.74, 6) is 0.336. The monoisotopic (exact) mass is 359 g/mol. The minimum absolute atomic E-state index is 0.186. The fourth-order valence-corrected chi connectivity index (χ4v) is 3.11. The van der Waals surface area contributed by atoms with Gasteiger partial charge in [0.1, 0.15) is 12.3 Å². The second-order valence-electron chi connectivity index (χ2n) is 5.84. The first-order valence-corrected chi connectivity index (χ1v) is 8.64. The number of amides is 2. The molecule has 1 fully saturated rings. The number of carbonyl (C=O) groups excluding carboxylic acids is 2. The first kappa shape index (κ1) is 17.5. The molecule has 0 saturated carbocycles. The van der Waals surface area contributed by atoms with E-state index in [1.807, 2.05) is 36.5 Å². The standard InChI is InChI=1S/C19H19ClN2O3/c1-2-25-15-9-7-14(8-10-15)22-18(23)11-17(19(22)24)21-12-13-5-3-4-6-16(13)20/h3-10,17,21H,2,11-12H2,1H3/p+1/t17-/m0/s1. The predicted octanol–water partition coefficient (Wildman–Crippen LogP) is 2.13. The number of halogens is 1. The Morgan fingerprint density at radius 2 is 1.88 bits per heavy atom. The summed E-state index contributed by atoms with van der Waals surface area (Å²) >= 11 is 6.15. The minimum Gasteiger partial charge on any atom is -0.494 e. The van der Waals surface area contributed by atoms with Gasteiger partial charge in [0, 0.05) is 10.6 Å². The van der Waals surface area contributed by atoms with E-state index in [1.165, 1.54) is 4.90 Å². The highest BCUT2D eigenvalue weighted by molar-refractivity contribution is 6.31. The van der Waals surface area contributed by atoms with E-state index < -0.39 is 6.04 Å². The molecule has 2 N–H and O–H groups in total. The number of hydrogen-bond acceptors (Lipinski definition) is 3. The van der Waals surface area contributed by atoms with E-state index in [-0.39, 0.29) is 18.2 Å². The van der Waals surface area contributed by atoms with Crippen molar-refractivity contribution < 1.29 is 19.6 Å². The van der Waals surface area contributed by atoms with E-state index in [9.17, 15) is 9.59 Å². The molecular formula is C19H20ClN2O3+. The number of nitrogens with zero attached hydrogens (tertiary/aromatic N) is 1. The highest BCUT2D eigenvalue weighted by Gasteiger charge is 2.42. The number of imide groups is 1. The molecule has 1 aliphatic heterocycles. The Hall–Kier alpha value is -2.37. The molecule has 1 heterocycles. The van der Waals surface area contributed by atoms with Crippen LogP contribution >= 0.6 is 11.6 Å². The van der Waals surface area contributed by atoms with Gasteiger partial charge in [-0.1, -0.05) is 29.8 Å². The molecule has 1 saturated heterocycles. The maximum atomic E-state index is 12.6. The Kier molecular flexibility index (Phi) is 5.36. The third-order valence-corrected chi connectivity index (χ3v) is 4.54. The summed E-state index contributed by atoms with van der Waals surface area (Å²) in [7, 11) is 0. The van der Waals surface area contributed by atoms with E-state index in [0.29, 0.717) is 29.6 Å². The van der Waals surface area contributed by atoms with Gasteiger partial charge < -0.3 is 10.1 Å². The van der Waals surface area contributed by atoms with Crippen LogP contribution in [0, 0.1) is 0 Å². The number of benzene rings is 2. The van der Waals surface area contributed by atoms with Crippen LogP contribution in [0.5, 0.6) is 5.75 Å². The molecular weight excluding hydrogens is 340 g/mol. The Balaban J connectivity index is 1.68. The molecule has 25 heavy (non-hydrogen) atoms. The van der Waals surface area contributed by atoms with Crippen LogP contribution in [-0.2, 0) is 16.1 Å². The second-order valence-corrected chi connectivity index (χ2v) is 6.24. The van der Waals surface area contributed by atoms with Crippen molar-refractivity contribution in [3.63, 3.8) is 0 Å². The molecule has 0 aromatic heterocycles. The van der Waals surface area contributed by atoms with Gasteiger partial charge in [0.05, 0.1) is 18.7 Å². The van der Waals surface area contributed by atoms with Crippen LogP contribution in [0.25, 0.3) is 0 Å². The number of hydrogen-bond donors (Lipinski definition) is 1. The molecule has 2 aromatic carbocycles. The third-order valence-electron chi connectivity index (χ3n) is 4.17. The van der Waals surface area contributed by atoms with Crippen LogP contribution < -0.4 is 15.0 Å². The van der Waals surface area contributed by atoms with Gasteiger partial charge in [0.15, 0.2) is 6.04 Å². The number of quaternary nitrogens is 1. The van der Waals surface area contributed by atoms with Crippen LogP contribution in [0.4, 0.5) is 5.69 Å². The van der Waals surface area contributed by atoms with Crippen molar-refractivity contribution in [3.05, 3.63) is 59.1 Å². The van der Waals surface area contributed by atoms with Gasteiger partial charge in [-0.15, -0.1) is 0 Å². The van der Waals surface area contributed by atoms with Crippen molar-refractivity contribution in [2.45, 2.75) is 25.9 Å². The normalized spacial score (nSPS) is 17.2. The lowest BCUT2D eigenvalue weighted by atomic mass is 10.2. The van der Waals surface area contributed by atoms with Crippen molar-refractivity contribution in [1.29, 1.82) is 0 Å². The van der Waals surface area contributed by atoms with Crippen molar-refractivity contribution in [2.24, 2.45) is 0 Å². The molecule has 0 unspecified atom stereocenters. The maximum Gasteiger partial charge on any atom is 0.292 e. The highest BCUT2D eigenvalue weighted by atomic mass is 35.5. The van der Waals surface area contributed by atoms with Crippen LogP contribution in [0.3, 0.4) is 0 Å². The SMILES string of the molecule is CCOc1ccc(N2C(=O)C[C@H]([NH2+]Cc3ccccc3Cl)C2=O)cc1. The van der Waals surface area contributed by atoms with E-state index in [4.69, 9.17) is 16.3 Å². The van der Waals surface area contributed by atoms with E-state index in [0.717, 1.165) is 5.56 Å². The number of rotatable bonds is 6. The molecule has 0 aliphatic carbocycles. The van der Waals surface area contributed by atoms with E-state index in [1.54, 1.807) is 24.3 Å². The van der Waals surface area contributed by atoms with Gasteiger partial charge in [-0.05, 0) is 37.3 Å². The Labute approximate surface area is 151 Å². The summed E-state index contributed by atoms with van der Waals surface area (Å²) in [4.78, 5) is 26.2. The van der Waals surface area contributed by atoms with Gasteiger partial charge in [-0.3, -0.25) is 9.59 Å². The average Bonchev–Trinajstić information content (AvgIpc) is 2.89. The van der Waals surface area contributed by atoms with Gasteiger partial charge in [-0.2, -0.15) is 0 Å². The fourth-order valence-electron chi connectivity index (χ4n) is 2.90. The van der Waals surface area contributed by atoms with Crippen molar-refractivity contribution in [3.8, 4) is 5.75 Å². The highest BCUT2D eigenvalue weighted by Crippen LogP contribution is 2.24.